The molecule has 0 bridgehead atoms. The van der Waals surface area contributed by atoms with Crippen LogP contribution in [0.5, 0.6) is 0 Å². The molecule has 0 aliphatic rings. The first-order valence-corrected chi connectivity index (χ1v) is 6.18. The minimum Gasteiger partial charge on any atom is -0.319 e. The lowest BCUT2D eigenvalue weighted by Gasteiger charge is -2.02. The maximum Gasteiger partial charge on any atom is 0.250 e. The maximum atomic E-state index is 11.4. The SMILES string of the molecule is C=C/C=C(\C=C)Cc1ccn(C)c(=O)c1.CCC. The molecule has 1 rings (SSSR count). The first-order valence-electron chi connectivity index (χ1n) is 6.18. The van der Waals surface area contributed by atoms with Gasteiger partial charge in [0, 0.05) is 19.3 Å². The van der Waals surface area contributed by atoms with Crippen LogP contribution in [0.1, 0.15) is 25.8 Å². The third-order valence-corrected chi connectivity index (χ3v) is 2.17. The van der Waals surface area contributed by atoms with Gasteiger partial charge in [-0.15, -0.1) is 0 Å². The van der Waals surface area contributed by atoms with E-state index < -0.39 is 0 Å². The molecule has 1 aromatic heterocycles. The van der Waals surface area contributed by atoms with E-state index in [-0.39, 0.29) is 5.56 Å². The lowest BCUT2D eigenvalue weighted by molar-refractivity contribution is 0.852. The zero-order valence-electron chi connectivity index (χ0n) is 11.6. The molecule has 0 aliphatic carbocycles. The Bertz CT molecular complexity index is 466. The summed E-state index contributed by atoms with van der Waals surface area (Å²) < 4.78 is 1.55. The molecule has 1 aromatic rings. The Morgan fingerprint density at radius 1 is 1.39 bits per heavy atom. The fraction of sp³-hybridized carbons (Fsp3) is 0.312. The van der Waals surface area contributed by atoms with Gasteiger partial charge in [-0.25, -0.2) is 0 Å². The van der Waals surface area contributed by atoms with Crippen molar-refractivity contribution in [1.29, 1.82) is 0 Å². The normalized spacial score (nSPS) is 10.3. The molecule has 98 valence electrons. The predicted octanol–water partition coefficient (Wildman–Crippen LogP) is 3.64. The Labute approximate surface area is 110 Å². The van der Waals surface area contributed by atoms with Gasteiger partial charge in [-0.1, -0.05) is 51.7 Å². The highest BCUT2D eigenvalue weighted by atomic mass is 16.1. The second-order valence-corrected chi connectivity index (χ2v) is 4.05. The van der Waals surface area contributed by atoms with Crippen molar-refractivity contribution in [3.8, 4) is 0 Å². The van der Waals surface area contributed by atoms with Crippen LogP contribution in [0.25, 0.3) is 0 Å². The van der Waals surface area contributed by atoms with Crippen LogP contribution in [-0.4, -0.2) is 4.57 Å². The minimum absolute atomic E-state index is 0.00881. The molecule has 0 saturated heterocycles. The van der Waals surface area contributed by atoms with Crippen molar-refractivity contribution in [1.82, 2.24) is 4.57 Å². The highest BCUT2D eigenvalue weighted by Gasteiger charge is 1.97. The van der Waals surface area contributed by atoms with Gasteiger partial charge in [-0.3, -0.25) is 4.79 Å². The Hall–Kier alpha value is -1.83. The molecule has 0 unspecified atom stereocenters. The van der Waals surface area contributed by atoms with Crippen LogP contribution < -0.4 is 5.56 Å². The van der Waals surface area contributed by atoms with Gasteiger partial charge in [-0.2, -0.15) is 0 Å². The third-order valence-electron chi connectivity index (χ3n) is 2.17. The number of aromatic nitrogens is 1. The summed E-state index contributed by atoms with van der Waals surface area (Å²) in [4.78, 5) is 11.4. The standard InChI is InChI=1S/C13H15NO.C3H8/c1-4-6-11(5-2)9-12-7-8-14(3)13(15)10-12;1-3-2/h4-8,10H,1-2,9H2,3H3;3H2,1-2H3/b11-6+;. The van der Waals surface area contributed by atoms with E-state index in [1.165, 1.54) is 6.42 Å². The highest BCUT2D eigenvalue weighted by molar-refractivity contribution is 5.28. The number of nitrogens with zero attached hydrogens (tertiary/aromatic N) is 1. The van der Waals surface area contributed by atoms with Crippen molar-refractivity contribution in [2.24, 2.45) is 7.05 Å². The van der Waals surface area contributed by atoms with Crippen LogP contribution in [0.4, 0.5) is 0 Å². The van der Waals surface area contributed by atoms with Gasteiger partial charge in [0.1, 0.15) is 0 Å². The summed E-state index contributed by atoms with van der Waals surface area (Å²) in [5, 5.41) is 0. The first kappa shape index (κ1) is 16.2. The smallest absolute Gasteiger partial charge is 0.250 e. The van der Waals surface area contributed by atoms with E-state index in [9.17, 15) is 4.79 Å². The van der Waals surface area contributed by atoms with Gasteiger partial charge in [0.25, 0.3) is 5.56 Å². The molecule has 1 heterocycles. The van der Waals surface area contributed by atoms with Gasteiger partial charge in [0.05, 0.1) is 0 Å². The zero-order valence-corrected chi connectivity index (χ0v) is 11.6. The topological polar surface area (TPSA) is 22.0 Å². The third kappa shape index (κ3) is 6.04. The van der Waals surface area contributed by atoms with Gasteiger partial charge < -0.3 is 4.57 Å². The summed E-state index contributed by atoms with van der Waals surface area (Å²) in [7, 11) is 1.74. The lowest BCUT2D eigenvalue weighted by atomic mass is 10.1. The van der Waals surface area contributed by atoms with Crippen LogP contribution >= 0.6 is 0 Å². The fourth-order valence-corrected chi connectivity index (χ4v) is 1.29. The van der Waals surface area contributed by atoms with Crippen molar-refractivity contribution in [3.05, 3.63) is 71.2 Å². The number of hydrogen-bond acceptors (Lipinski definition) is 1. The molecule has 18 heavy (non-hydrogen) atoms. The average molecular weight is 245 g/mol. The Morgan fingerprint density at radius 3 is 2.44 bits per heavy atom. The van der Waals surface area contributed by atoms with Crippen LogP contribution in [-0.2, 0) is 13.5 Å². The Kier molecular flexibility index (Phi) is 8.29. The fourth-order valence-electron chi connectivity index (χ4n) is 1.29. The molecule has 2 nitrogen and oxygen atoms in total. The van der Waals surface area contributed by atoms with Crippen molar-refractivity contribution in [2.45, 2.75) is 26.7 Å². The summed E-state index contributed by atoms with van der Waals surface area (Å²) in [6.45, 7) is 11.6. The van der Waals surface area contributed by atoms with Crippen LogP contribution in [0, 0.1) is 0 Å². The Morgan fingerprint density at radius 2 is 2.00 bits per heavy atom. The quantitative estimate of drug-likeness (QED) is 0.742. The largest absolute Gasteiger partial charge is 0.319 e. The number of rotatable bonds is 4. The molecule has 0 radical (unpaired) electrons. The molecule has 0 aliphatic heterocycles. The number of pyridine rings is 1. The van der Waals surface area contributed by atoms with Crippen molar-refractivity contribution >= 4 is 0 Å². The number of aryl methyl sites for hydroxylation is 1. The van der Waals surface area contributed by atoms with Crippen molar-refractivity contribution in [3.63, 3.8) is 0 Å². The van der Waals surface area contributed by atoms with E-state index in [4.69, 9.17) is 0 Å². The zero-order chi connectivity index (χ0) is 14.0. The molecule has 0 fully saturated rings. The summed E-state index contributed by atoms with van der Waals surface area (Å²) in [6, 6.07) is 3.57. The van der Waals surface area contributed by atoms with Crippen molar-refractivity contribution in [2.75, 3.05) is 0 Å². The van der Waals surface area contributed by atoms with E-state index in [2.05, 4.69) is 27.0 Å². The summed E-state index contributed by atoms with van der Waals surface area (Å²) >= 11 is 0. The Balaban J connectivity index is 0.000000873. The summed E-state index contributed by atoms with van der Waals surface area (Å²) in [6.07, 6.45) is 9.12. The average Bonchev–Trinajstić information content (AvgIpc) is 2.34. The van der Waals surface area contributed by atoms with E-state index >= 15 is 0 Å². The van der Waals surface area contributed by atoms with Gasteiger partial charge in [0.2, 0.25) is 0 Å². The van der Waals surface area contributed by atoms with Crippen LogP contribution in [0.3, 0.4) is 0 Å². The molecule has 0 aromatic carbocycles. The minimum atomic E-state index is 0.00881. The first-order chi connectivity index (χ1) is 8.58. The highest BCUT2D eigenvalue weighted by Crippen LogP contribution is 2.06. The van der Waals surface area contributed by atoms with E-state index in [1.807, 2.05) is 12.1 Å². The number of hydrogen-bond donors (Lipinski definition) is 0. The molecule has 0 spiro atoms. The summed E-state index contributed by atoms with van der Waals surface area (Å²) in [5.41, 5.74) is 2.05. The molecule has 0 N–H and O–H groups in total. The molecular formula is C16H23NO. The van der Waals surface area contributed by atoms with Crippen LogP contribution in [0.15, 0.2) is 60.1 Å². The second kappa shape index (κ2) is 9.23. The molecule has 0 amide bonds. The van der Waals surface area contributed by atoms with Crippen molar-refractivity contribution < 1.29 is 0 Å². The van der Waals surface area contributed by atoms with Gasteiger partial charge in [-0.05, 0) is 23.6 Å². The van der Waals surface area contributed by atoms with Gasteiger partial charge in [0.15, 0.2) is 0 Å². The molecule has 0 saturated carbocycles. The van der Waals surface area contributed by atoms with E-state index in [1.54, 1.807) is 36.0 Å². The molecular weight excluding hydrogens is 222 g/mol. The molecule has 2 heteroatoms. The van der Waals surface area contributed by atoms with Crippen LogP contribution in [0.2, 0.25) is 0 Å². The molecule has 0 atom stereocenters. The van der Waals surface area contributed by atoms with Gasteiger partial charge >= 0.3 is 0 Å². The monoisotopic (exact) mass is 245 g/mol. The second-order valence-electron chi connectivity index (χ2n) is 4.05. The predicted molar refractivity (Wildman–Crippen MR) is 79.8 cm³/mol. The van der Waals surface area contributed by atoms with E-state index in [0.717, 1.165) is 11.1 Å². The van der Waals surface area contributed by atoms with E-state index in [0.29, 0.717) is 6.42 Å². The lowest BCUT2D eigenvalue weighted by Crippen LogP contribution is -2.15. The summed E-state index contributed by atoms with van der Waals surface area (Å²) in [5.74, 6) is 0. The number of allylic oxidation sites excluding steroid dienone is 4. The maximum absolute atomic E-state index is 11.4.